The molecule has 0 spiro atoms. The minimum absolute atomic E-state index is 0.0639. The van der Waals surface area contributed by atoms with Gasteiger partial charge in [-0.15, -0.1) is 0 Å². The van der Waals surface area contributed by atoms with E-state index in [1.165, 1.54) is 6.07 Å². The molecule has 0 aliphatic carbocycles. The molecule has 0 fully saturated rings. The van der Waals surface area contributed by atoms with E-state index in [0.717, 1.165) is 0 Å². The van der Waals surface area contributed by atoms with Crippen molar-refractivity contribution in [2.24, 2.45) is 0 Å². The second-order valence-electron chi connectivity index (χ2n) is 4.63. The highest BCUT2D eigenvalue weighted by Crippen LogP contribution is 2.13. The van der Waals surface area contributed by atoms with Crippen molar-refractivity contribution in [3.8, 4) is 0 Å². The molecule has 0 saturated carbocycles. The predicted octanol–water partition coefficient (Wildman–Crippen LogP) is 2.20. The molecular weight excluding hydrogens is 344 g/mol. The molecule has 1 aromatic heterocycles. The molecule has 8 nitrogen and oxygen atoms in total. The first-order chi connectivity index (χ1) is 10.8. The number of amides is 2. The van der Waals surface area contributed by atoms with Gasteiger partial charge in [0, 0.05) is 23.3 Å². The number of aromatic nitrogens is 1. The third-order valence-corrected chi connectivity index (χ3v) is 4.16. The number of nitrogens with zero attached hydrogens (tertiary/aromatic N) is 1. The molecule has 0 atom stereocenters. The van der Waals surface area contributed by atoms with Gasteiger partial charge in [-0.1, -0.05) is 16.8 Å². The largest absolute Gasteiger partial charge is 0.360 e. The van der Waals surface area contributed by atoms with Crippen LogP contribution in [-0.4, -0.2) is 31.9 Å². The Balaban J connectivity index is 1.77. The lowest BCUT2D eigenvalue weighted by molar-refractivity contribution is 0.252. The number of aryl methyl sites for hydroxylation is 1. The number of halogens is 1. The Morgan fingerprint density at radius 3 is 2.61 bits per heavy atom. The molecular formula is C13H15ClN4O4S. The van der Waals surface area contributed by atoms with E-state index in [1.54, 1.807) is 31.2 Å². The van der Waals surface area contributed by atoms with Crippen molar-refractivity contribution >= 4 is 39.2 Å². The Morgan fingerprint density at radius 1 is 1.30 bits per heavy atom. The summed E-state index contributed by atoms with van der Waals surface area (Å²) in [5, 5.41) is 9.09. The van der Waals surface area contributed by atoms with E-state index in [0.29, 0.717) is 16.5 Å². The summed E-state index contributed by atoms with van der Waals surface area (Å²) < 4.78 is 30.6. The molecule has 0 radical (unpaired) electrons. The Morgan fingerprint density at radius 2 is 2.00 bits per heavy atom. The van der Waals surface area contributed by atoms with Gasteiger partial charge in [-0.05, 0) is 31.2 Å². The number of urea groups is 1. The van der Waals surface area contributed by atoms with E-state index in [1.807, 2.05) is 0 Å². The van der Waals surface area contributed by atoms with E-state index in [-0.39, 0.29) is 18.1 Å². The molecule has 0 bridgehead atoms. The minimum Gasteiger partial charge on any atom is -0.360 e. The fourth-order valence-electron chi connectivity index (χ4n) is 1.63. The van der Waals surface area contributed by atoms with E-state index < -0.39 is 16.1 Å². The second kappa shape index (κ2) is 7.34. The lowest BCUT2D eigenvalue weighted by Gasteiger charge is -2.08. The van der Waals surface area contributed by atoms with Crippen LogP contribution >= 0.6 is 11.6 Å². The van der Waals surface area contributed by atoms with Gasteiger partial charge in [-0.3, -0.25) is 4.72 Å². The van der Waals surface area contributed by atoms with Gasteiger partial charge >= 0.3 is 6.03 Å². The van der Waals surface area contributed by atoms with Gasteiger partial charge in [0.05, 0.1) is 5.75 Å². The van der Waals surface area contributed by atoms with E-state index in [4.69, 9.17) is 16.1 Å². The second-order valence-corrected chi connectivity index (χ2v) is 6.91. The van der Waals surface area contributed by atoms with Crippen LogP contribution in [0.25, 0.3) is 0 Å². The zero-order chi connectivity index (χ0) is 16.9. The number of benzene rings is 1. The lowest BCUT2D eigenvalue weighted by atomic mass is 10.3. The molecule has 0 saturated heterocycles. The summed E-state index contributed by atoms with van der Waals surface area (Å²) >= 11 is 5.74. The maximum Gasteiger partial charge on any atom is 0.319 e. The zero-order valence-corrected chi connectivity index (χ0v) is 13.7. The Hall–Kier alpha value is -2.26. The lowest BCUT2D eigenvalue weighted by Crippen LogP contribution is -2.34. The molecule has 0 aliphatic heterocycles. The summed E-state index contributed by atoms with van der Waals surface area (Å²) in [6.45, 7) is 1.58. The molecule has 1 aromatic carbocycles. The SMILES string of the molecule is Cc1cc(NS(=O)(=O)CCNC(=O)Nc2ccc(Cl)cc2)no1. The minimum atomic E-state index is -3.63. The van der Waals surface area contributed by atoms with Gasteiger partial charge in [-0.25, -0.2) is 13.2 Å². The average Bonchev–Trinajstić information content (AvgIpc) is 2.85. The van der Waals surface area contributed by atoms with Crippen LogP contribution in [0.2, 0.25) is 5.02 Å². The number of anilines is 2. The first-order valence-corrected chi connectivity index (χ1v) is 8.61. The van der Waals surface area contributed by atoms with Crippen molar-refractivity contribution in [1.29, 1.82) is 0 Å². The number of carbonyl (C=O) groups excluding carboxylic acids is 1. The summed E-state index contributed by atoms with van der Waals surface area (Å²) in [4.78, 5) is 11.6. The van der Waals surface area contributed by atoms with E-state index in [9.17, 15) is 13.2 Å². The van der Waals surface area contributed by atoms with Gasteiger partial charge in [-0.2, -0.15) is 0 Å². The van der Waals surface area contributed by atoms with Gasteiger partial charge in [0.1, 0.15) is 5.76 Å². The topological polar surface area (TPSA) is 113 Å². The van der Waals surface area contributed by atoms with Crippen molar-refractivity contribution in [3.63, 3.8) is 0 Å². The number of carbonyl (C=O) groups is 1. The van der Waals surface area contributed by atoms with E-state index in [2.05, 4.69) is 20.5 Å². The molecule has 2 amide bonds. The number of hydrogen-bond acceptors (Lipinski definition) is 5. The number of hydrogen-bond donors (Lipinski definition) is 3. The molecule has 2 aromatic rings. The quantitative estimate of drug-likeness (QED) is 0.732. The zero-order valence-electron chi connectivity index (χ0n) is 12.2. The van der Waals surface area contributed by atoms with Crippen molar-refractivity contribution < 1.29 is 17.7 Å². The molecule has 1 heterocycles. The van der Waals surface area contributed by atoms with Crippen LogP contribution in [0, 0.1) is 6.92 Å². The fraction of sp³-hybridized carbons (Fsp3) is 0.231. The van der Waals surface area contributed by atoms with E-state index >= 15 is 0 Å². The van der Waals surface area contributed by atoms with Crippen LogP contribution in [0.1, 0.15) is 5.76 Å². The third-order valence-electron chi connectivity index (χ3n) is 2.65. The summed E-state index contributed by atoms with van der Waals surface area (Å²) in [6.07, 6.45) is 0. The van der Waals surface area contributed by atoms with Gasteiger partial charge in [0.2, 0.25) is 10.0 Å². The van der Waals surface area contributed by atoms with Crippen LogP contribution in [0.15, 0.2) is 34.9 Å². The van der Waals surface area contributed by atoms with Crippen LogP contribution in [0.5, 0.6) is 0 Å². The van der Waals surface area contributed by atoms with Crippen molar-refractivity contribution in [2.45, 2.75) is 6.92 Å². The normalized spacial score (nSPS) is 11.0. The summed E-state index contributed by atoms with van der Waals surface area (Å²) in [5.74, 6) is 0.295. The maximum atomic E-state index is 11.8. The first kappa shape index (κ1) is 17.1. The average molecular weight is 359 g/mol. The molecule has 0 aliphatic rings. The molecule has 23 heavy (non-hydrogen) atoms. The molecule has 124 valence electrons. The van der Waals surface area contributed by atoms with Crippen LogP contribution in [0.4, 0.5) is 16.3 Å². The fourth-order valence-corrected chi connectivity index (χ4v) is 2.65. The molecule has 2 rings (SSSR count). The summed E-state index contributed by atoms with van der Waals surface area (Å²) in [5.41, 5.74) is 0.547. The molecule has 0 unspecified atom stereocenters. The summed E-state index contributed by atoms with van der Waals surface area (Å²) in [7, 11) is -3.63. The number of sulfonamides is 1. The maximum absolute atomic E-state index is 11.8. The van der Waals surface area contributed by atoms with Crippen molar-refractivity contribution in [2.75, 3.05) is 22.3 Å². The van der Waals surface area contributed by atoms with Gasteiger partial charge in [0.15, 0.2) is 5.82 Å². The first-order valence-electron chi connectivity index (χ1n) is 6.58. The standard InChI is InChI=1S/C13H15ClN4O4S/c1-9-8-12(17-22-9)18-23(20,21)7-6-15-13(19)16-11-4-2-10(14)3-5-11/h2-5,8H,6-7H2,1H3,(H,17,18)(H2,15,16,19). The summed E-state index contributed by atoms with van der Waals surface area (Å²) in [6, 6.07) is 7.47. The highest BCUT2D eigenvalue weighted by Gasteiger charge is 2.13. The van der Waals surface area contributed by atoms with Gasteiger partial charge in [0.25, 0.3) is 0 Å². The third kappa shape index (κ3) is 5.80. The Bertz CT molecular complexity index is 774. The van der Waals surface area contributed by atoms with Gasteiger partial charge < -0.3 is 15.2 Å². The smallest absolute Gasteiger partial charge is 0.319 e. The van der Waals surface area contributed by atoms with Crippen LogP contribution in [-0.2, 0) is 10.0 Å². The predicted molar refractivity (Wildman–Crippen MR) is 87.1 cm³/mol. The highest BCUT2D eigenvalue weighted by molar-refractivity contribution is 7.92. The highest BCUT2D eigenvalue weighted by atomic mass is 35.5. The number of nitrogens with one attached hydrogen (secondary N) is 3. The van der Waals surface area contributed by atoms with Crippen molar-refractivity contribution in [3.05, 3.63) is 41.1 Å². The van der Waals surface area contributed by atoms with Crippen molar-refractivity contribution in [1.82, 2.24) is 10.5 Å². The Labute approximate surface area is 138 Å². The van der Waals surface area contributed by atoms with Crippen LogP contribution < -0.4 is 15.4 Å². The molecule has 10 heteroatoms. The van der Waals surface area contributed by atoms with Crippen LogP contribution in [0.3, 0.4) is 0 Å². The molecule has 3 N–H and O–H groups in total. The monoisotopic (exact) mass is 358 g/mol. The number of rotatable bonds is 6. The Kier molecular flexibility index (Phi) is 5.45.